The zero-order valence-electron chi connectivity index (χ0n) is 8.51. The van der Waals surface area contributed by atoms with E-state index < -0.39 is 0 Å². The second-order valence-electron chi connectivity index (χ2n) is 3.63. The van der Waals surface area contributed by atoms with Gasteiger partial charge in [0.05, 0.1) is 5.69 Å². The Labute approximate surface area is 103 Å². The lowest BCUT2D eigenvalue weighted by atomic mass is 10.2. The highest BCUT2D eigenvalue weighted by molar-refractivity contribution is 14.1. The van der Waals surface area contributed by atoms with Gasteiger partial charge in [0.1, 0.15) is 0 Å². The molecule has 0 amide bonds. The van der Waals surface area contributed by atoms with E-state index in [0.29, 0.717) is 6.42 Å². The Morgan fingerprint density at radius 2 is 2.00 bits per heavy atom. The maximum absolute atomic E-state index is 11.4. The second-order valence-corrected chi connectivity index (χ2v) is 4.79. The first-order valence-electron chi connectivity index (χ1n) is 4.93. The van der Waals surface area contributed by atoms with Crippen molar-refractivity contribution in [1.29, 1.82) is 0 Å². The summed E-state index contributed by atoms with van der Waals surface area (Å²) < 4.78 is 1.18. The minimum atomic E-state index is 0.267. The van der Waals surface area contributed by atoms with E-state index in [1.165, 1.54) is 3.57 Å². The predicted molar refractivity (Wildman–Crippen MR) is 69.7 cm³/mol. The van der Waals surface area contributed by atoms with Crippen LogP contribution < -0.4 is 5.32 Å². The standard InChI is InChI=1S/C12H12INO/c1-8-10(6-7-12(8)15)14-11-5-3-2-4-9(11)13/h2-5,14H,6-7H2,1H3. The van der Waals surface area contributed by atoms with Crippen LogP contribution in [0, 0.1) is 3.57 Å². The SMILES string of the molecule is CC1=C(Nc2ccccc2I)CCC1=O. The first kappa shape index (κ1) is 10.7. The normalized spacial score (nSPS) is 16.0. The highest BCUT2D eigenvalue weighted by atomic mass is 127. The van der Waals surface area contributed by atoms with Crippen molar-refractivity contribution in [2.45, 2.75) is 19.8 Å². The lowest BCUT2D eigenvalue weighted by molar-refractivity contribution is -0.114. The van der Waals surface area contributed by atoms with Gasteiger partial charge in [-0.05, 0) is 48.1 Å². The molecule has 1 aromatic rings. The molecule has 0 spiro atoms. The molecule has 1 aliphatic carbocycles. The fourth-order valence-corrected chi connectivity index (χ4v) is 2.19. The van der Waals surface area contributed by atoms with Crippen LogP contribution in [0.3, 0.4) is 0 Å². The first-order chi connectivity index (χ1) is 7.18. The van der Waals surface area contributed by atoms with E-state index in [-0.39, 0.29) is 5.78 Å². The van der Waals surface area contributed by atoms with Crippen molar-refractivity contribution >= 4 is 34.1 Å². The number of hydrogen-bond acceptors (Lipinski definition) is 2. The monoisotopic (exact) mass is 313 g/mol. The van der Waals surface area contributed by atoms with Gasteiger partial charge >= 0.3 is 0 Å². The van der Waals surface area contributed by atoms with Crippen LogP contribution in [0.1, 0.15) is 19.8 Å². The summed E-state index contributed by atoms with van der Waals surface area (Å²) in [4.78, 5) is 11.4. The molecule has 0 unspecified atom stereocenters. The molecule has 15 heavy (non-hydrogen) atoms. The lowest BCUT2D eigenvalue weighted by Crippen LogP contribution is -2.00. The van der Waals surface area contributed by atoms with E-state index in [4.69, 9.17) is 0 Å². The summed E-state index contributed by atoms with van der Waals surface area (Å²) in [6, 6.07) is 8.09. The fraction of sp³-hybridized carbons (Fsp3) is 0.250. The summed E-state index contributed by atoms with van der Waals surface area (Å²) in [6.07, 6.45) is 1.49. The van der Waals surface area contributed by atoms with Crippen molar-refractivity contribution in [3.63, 3.8) is 0 Å². The molecule has 1 N–H and O–H groups in total. The second kappa shape index (κ2) is 4.35. The van der Waals surface area contributed by atoms with Gasteiger partial charge < -0.3 is 5.32 Å². The number of anilines is 1. The van der Waals surface area contributed by atoms with Gasteiger partial charge in [0.15, 0.2) is 5.78 Å². The predicted octanol–water partition coefficient (Wildman–Crippen LogP) is 3.34. The number of halogens is 1. The topological polar surface area (TPSA) is 29.1 Å². The van der Waals surface area contributed by atoms with Gasteiger partial charge in [-0.15, -0.1) is 0 Å². The highest BCUT2D eigenvalue weighted by Crippen LogP contribution is 2.26. The number of carbonyl (C=O) groups excluding carboxylic acids is 1. The summed E-state index contributed by atoms with van der Waals surface area (Å²) in [5.74, 6) is 0.267. The van der Waals surface area contributed by atoms with E-state index in [2.05, 4.69) is 34.0 Å². The van der Waals surface area contributed by atoms with Crippen LogP contribution in [0.25, 0.3) is 0 Å². The number of allylic oxidation sites excluding steroid dienone is 2. The van der Waals surface area contributed by atoms with Crippen LogP contribution >= 0.6 is 22.6 Å². The summed E-state index contributed by atoms with van der Waals surface area (Å²) in [7, 11) is 0. The number of nitrogens with one attached hydrogen (secondary N) is 1. The average molecular weight is 313 g/mol. The van der Waals surface area contributed by atoms with E-state index in [1.807, 2.05) is 25.1 Å². The molecule has 0 bridgehead atoms. The largest absolute Gasteiger partial charge is 0.358 e. The molecule has 3 heteroatoms. The summed E-state index contributed by atoms with van der Waals surface area (Å²) >= 11 is 2.29. The van der Waals surface area contributed by atoms with Crippen LogP contribution in [-0.4, -0.2) is 5.78 Å². The van der Waals surface area contributed by atoms with Crippen molar-refractivity contribution in [3.05, 3.63) is 39.1 Å². The zero-order chi connectivity index (χ0) is 10.8. The average Bonchev–Trinajstić information content (AvgIpc) is 2.53. The Kier molecular flexibility index (Phi) is 3.09. The Hall–Kier alpha value is -0.840. The number of benzene rings is 1. The van der Waals surface area contributed by atoms with Crippen LogP contribution in [0.5, 0.6) is 0 Å². The van der Waals surface area contributed by atoms with Gasteiger partial charge in [-0.1, -0.05) is 12.1 Å². The Balaban J connectivity index is 2.24. The third kappa shape index (κ3) is 2.22. The summed E-state index contributed by atoms with van der Waals surface area (Å²) in [5.41, 5.74) is 3.04. The maximum atomic E-state index is 11.4. The van der Waals surface area contributed by atoms with Crippen molar-refractivity contribution in [1.82, 2.24) is 0 Å². The quantitative estimate of drug-likeness (QED) is 0.849. The number of hydrogen-bond donors (Lipinski definition) is 1. The van der Waals surface area contributed by atoms with Crippen molar-refractivity contribution < 1.29 is 4.79 Å². The van der Waals surface area contributed by atoms with Crippen LogP contribution in [0.15, 0.2) is 35.5 Å². The maximum Gasteiger partial charge on any atom is 0.160 e. The van der Waals surface area contributed by atoms with E-state index in [9.17, 15) is 4.79 Å². The molecule has 2 nitrogen and oxygen atoms in total. The number of ketones is 1. The van der Waals surface area contributed by atoms with E-state index in [1.54, 1.807) is 0 Å². The molecule has 0 heterocycles. The molecular weight excluding hydrogens is 301 g/mol. The van der Waals surface area contributed by atoms with Crippen LogP contribution in [-0.2, 0) is 4.79 Å². The van der Waals surface area contributed by atoms with Crippen molar-refractivity contribution in [2.24, 2.45) is 0 Å². The number of carbonyl (C=O) groups is 1. The third-order valence-corrected chi connectivity index (χ3v) is 3.57. The molecule has 1 aliphatic rings. The van der Waals surface area contributed by atoms with Gasteiger partial charge in [-0.3, -0.25) is 4.79 Å². The minimum absolute atomic E-state index is 0.267. The molecule has 0 atom stereocenters. The van der Waals surface area contributed by atoms with E-state index in [0.717, 1.165) is 23.4 Å². The fourth-order valence-electron chi connectivity index (χ4n) is 1.66. The zero-order valence-corrected chi connectivity index (χ0v) is 10.7. The Morgan fingerprint density at radius 3 is 2.60 bits per heavy atom. The molecule has 0 fully saturated rings. The van der Waals surface area contributed by atoms with Crippen LogP contribution in [0.4, 0.5) is 5.69 Å². The number of rotatable bonds is 2. The molecule has 0 aromatic heterocycles. The minimum Gasteiger partial charge on any atom is -0.358 e. The van der Waals surface area contributed by atoms with Gasteiger partial charge in [-0.25, -0.2) is 0 Å². The van der Waals surface area contributed by atoms with Gasteiger partial charge in [0.25, 0.3) is 0 Å². The van der Waals surface area contributed by atoms with Crippen LogP contribution in [0.2, 0.25) is 0 Å². The van der Waals surface area contributed by atoms with Gasteiger partial charge in [0.2, 0.25) is 0 Å². The molecule has 0 radical (unpaired) electrons. The Morgan fingerprint density at radius 1 is 1.27 bits per heavy atom. The smallest absolute Gasteiger partial charge is 0.160 e. The third-order valence-electron chi connectivity index (χ3n) is 2.63. The van der Waals surface area contributed by atoms with E-state index >= 15 is 0 Å². The molecular formula is C12H12INO. The summed E-state index contributed by atoms with van der Waals surface area (Å²) in [5, 5.41) is 3.34. The molecule has 0 aliphatic heterocycles. The molecule has 0 saturated heterocycles. The highest BCUT2D eigenvalue weighted by Gasteiger charge is 2.19. The molecule has 78 valence electrons. The van der Waals surface area contributed by atoms with Crippen molar-refractivity contribution in [2.75, 3.05) is 5.32 Å². The first-order valence-corrected chi connectivity index (χ1v) is 6.01. The number of Topliss-reactive ketones (excluding diaryl/α,β-unsaturated/α-hetero) is 1. The lowest BCUT2D eigenvalue weighted by Gasteiger charge is -2.09. The summed E-state index contributed by atoms with van der Waals surface area (Å²) in [6.45, 7) is 1.90. The van der Waals surface area contributed by atoms with Crippen molar-refractivity contribution in [3.8, 4) is 0 Å². The molecule has 1 aromatic carbocycles. The van der Waals surface area contributed by atoms with Gasteiger partial charge in [0, 0.05) is 21.3 Å². The molecule has 0 saturated carbocycles. The molecule has 2 rings (SSSR count). The van der Waals surface area contributed by atoms with Gasteiger partial charge in [-0.2, -0.15) is 0 Å². The number of para-hydroxylation sites is 1. The Bertz CT molecular complexity index is 437.